The Morgan fingerprint density at radius 2 is 1.94 bits per heavy atom. The number of ether oxygens (including phenoxy) is 1. The van der Waals surface area contributed by atoms with Crippen molar-refractivity contribution >= 4 is 0 Å². The van der Waals surface area contributed by atoms with Crippen LogP contribution in [0.2, 0.25) is 0 Å². The van der Waals surface area contributed by atoms with Crippen LogP contribution in [0, 0.1) is 0 Å². The molecule has 1 aromatic carbocycles. The molecule has 90 valence electrons. The molecule has 1 aromatic rings. The van der Waals surface area contributed by atoms with Crippen LogP contribution < -0.4 is 5.32 Å². The molecule has 0 fully saturated rings. The van der Waals surface area contributed by atoms with Crippen LogP contribution in [0.5, 0.6) is 0 Å². The maximum Gasteiger partial charge on any atom is 0.0591 e. The fraction of sp³-hybridized carbons (Fsp3) is 0.571. The molecule has 0 amide bonds. The van der Waals surface area contributed by atoms with E-state index in [2.05, 4.69) is 43.4 Å². The van der Waals surface area contributed by atoms with E-state index in [4.69, 9.17) is 4.74 Å². The third kappa shape index (κ3) is 5.29. The van der Waals surface area contributed by atoms with Gasteiger partial charge in [-0.15, -0.1) is 0 Å². The van der Waals surface area contributed by atoms with E-state index in [1.165, 1.54) is 12.0 Å². The fourth-order valence-electron chi connectivity index (χ4n) is 1.56. The topological polar surface area (TPSA) is 21.3 Å². The van der Waals surface area contributed by atoms with Gasteiger partial charge in [-0.1, -0.05) is 43.7 Å². The van der Waals surface area contributed by atoms with Crippen molar-refractivity contribution in [1.82, 2.24) is 5.32 Å². The van der Waals surface area contributed by atoms with Crippen molar-refractivity contribution in [3.63, 3.8) is 0 Å². The summed E-state index contributed by atoms with van der Waals surface area (Å²) in [5.74, 6) is 0. The molecule has 0 aliphatic rings. The van der Waals surface area contributed by atoms with Gasteiger partial charge in [0.05, 0.1) is 6.61 Å². The number of benzene rings is 1. The first-order valence-electron chi connectivity index (χ1n) is 6.20. The number of hydrogen-bond acceptors (Lipinski definition) is 2. The molecule has 0 aliphatic heterocycles. The highest BCUT2D eigenvalue weighted by Gasteiger charge is 2.02. The van der Waals surface area contributed by atoms with Crippen LogP contribution in [-0.4, -0.2) is 19.8 Å². The molecule has 1 atom stereocenters. The van der Waals surface area contributed by atoms with Gasteiger partial charge in [0, 0.05) is 19.2 Å². The Bertz CT molecular complexity index is 261. The minimum absolute atomic E-state index is 0.399. The zero-order chi connectivity index (χ0) is 11.6. The van der Waals surface area contributed by atoms with Crippen molar-refractivity contribution in [2.45, 2.75) is 32.7 Å². The van der Waals surface area contributed by atoms with Crippen LogP contribution in [0.3, 0.4) is 0 Å². The summed E-state index contributed by atoms with van der Waals surface area (Å²) in [5, 5.41) is 3.45. The first-order chi connectivity index (χ1) is 7.84. The van der Waals surface area contributed by atoms with E-state index >= 15 is 0 Å². The van der Waals surface area contributed by atoms with Crippen molar-refractivity contribution in [2.75, 3.05) is 19.8 Å². The van der Waals surface area contributed by atoms with Gasteiger partial charge in [-0.3, -0.25) is 0 Å². The zero-order valence-electron chi connectivity index (χ0n) is 10.4. The second-order valence-electron chi connectivity index (χ2n) is 4.05. The van der Waals surface area contributed by atoms with Crippen molar-refractivity contribution in [3.05, 3.63) is 35.9 Å². The quantitative estimate of drug-likeness (QED) is 0.681. The van der Waals surface area contributed by atoms with Gasteiger partial charge in [-0.05, 0) is 18.9 Å². The van der Waals surface area contributed by atoms with Gasteiger partial charge in [0.25, 0.3) is 0 Å². The molecule has 0 unspecified atom stereocenters. The molecule has 2 nitrogen and oxygen atoms in total. The summed E-state index contributed by atoms with van der Waals surface area (Å²) in [6.45, 7) is 6.97. The second kappa shape index (κ2) is 8.31. The zero-order valence-corrected chi connectivity index (χ0v) is 10.4. The number of unbranched alkanes of at least 4 members (excludes halogenated alkanes) is 1. The Morgan fingerprint density at radius 3 is 2.62 bits per heavy atom. The molecule has 1 rings (SSSR count). The van der Waals surface area contributed by atoms with Gasteiger partial charge < -0.3 is 10.1 Å². The molecule has 0 aromatic heterocycles. The monoisotopic (exact) mass is 221 g/mol. The lowest BCUT2D eigenvalue weighted by Gasteiger charge is -2.14. The average molecular weight is 221 g/mol. The molecule has 1 N–H and O–H groups in total. The number of hydrogen-bond donors (Lipinski definition) is 1. The summed E-state index contributed by atoms with van der Waals surface area (Å²) in [6.07, 6.45) is 2.36. The van der Waals surface area contributed by atoms with E-state index < -0.39 is 0 Å². The van der Waals surface area contributed by atoms with Gasteiger partial charge in [-0.25, -0.2) is 0 Å². The number of nitrogens with one attached hydrogen (secondary N) is 1. The molecule has 0 spiro atoms. The predicted molar refractivity (Wildman–Crippen MR) is 68.6 cm³/mol. The highest BCUT2D eigenvalue weighted by Crippen LogP contribution is 2.10. The summed E-state index contributed by atoms with van der Waals surface area (Å²) in [5.41, 5.74) is 1.33. The molecule has 16 heavy (non-hydrogen) atoms. The van der Waals surface area contributed by atoms with Gasteiger partial charge in [0.2, 0.25) is 0 Å². The smallest absolute Gasteiger partial charge is 0.0591 e. The Morgan fingerprint density at radius 1 is 1.19 bits per heavy atom. The summed E-state index contributed by atoms with van der Waals surface area (Å²) in [7, 11) is 0. The first-order valence-corrected chi connectivity index (χ1v) is 6.20. The Labute approximate surface area is 99.0 Å². The minimum Gasteiger partial charge on any atom is -0.380 e. The van der Waals surface area contributed by atoms with Crippen molar-refractivity contribution in [2.24, 2.45) is 0 Å². The first kappa shape index (κ1) is 13.2. The van der Waals surface area contributed by atoms with Crippen molar-refractivity contribution < 1.29 is 4.74 Å². The molecule has 2 heteroatoms. The van der Waals surface area contributed by atoms with Crippen molar-refractivity contribution in [3.8, 4) is 0 Å². The molecule has 0 heterocycles. The molecule has 0 saturated heterocycles. The fourth-order valence-corrected chi connectivity index (χ4v) is 1.56. The van der Waals surface area contributed by atoms with Crippen LogP contribution in [0.15, 0.2) is 30.3 Å². The highest BCUT2D eigenvalue weighted by atomic mass is 16.5. The third-order valence-corrected chi connectivity index (χ3v) is 2.64. The van der Waals surface area contributed by atoms with E-state index in [0.29, 0.717) is 6.04 Å². The van der Waals surface area contributed by atoms with Crippen LogP contribution in [0.1, 0.15) is 38.3 Å². The van der Waals surface area contributed by atoms with Gasteiger partial charge in [-0.2, -0.15) is 0 Å². The van der Waals surface area contributed by atoms with Crippen LogP contribution >= 0.6 is 0 Å². The Kier molecular flexibility index (Phi) is 6.86. The SMILES string of the molecule is CCCCOCCN[C@H](C)c1ccccc1. The van der Waals surface area contributed by atoms with Crippen LogP contribution in [0.4, 0.5) is 0 Å². The summed E-state index contributed by atoms with van der Waals surface area (Å²) in [6, 6.07) is 10.9. The van der Waals surface area contributed by atoms with E-state index in [9.17, 15) is 0 Å². The normalized spacial score (nSPS) is 12.6. The maximum atomic E-state index is 5.50. The largest absolute Gasteiger partial charge is 0.380 e. The lowest BCUT2D eigenvalue weighted by Crippen LogP contribution is -2.23. The number of rotatable bonds is 8. The van der Waals surface area contributed by atoms with Gasteiger partial charge in [0.15, 0.2) is 0 Å². The molecular weight excluding hydrogens is 198 g/mol. The summed E-state index contributed by atoms with van der Waals surface area (Å²) in [4.78, 5) is 0. The molecular formula is C14H23NO. The lowest BCUT2D eigenvalue weighted by atomic mass is 10.1. The van der Waals surface area contributed by atoms with E-state index in [1.54, 1.807) is 0 Å². The molecule has 0 bridgehead atoms. The molecule has 0 aliphatic carbocycles. The van der Waals surface area contributed by atoms with Crippen molar-refractivity contribution in [1.29, 1.82) is 0 Å². The minimum atomic E-state index is 0.399. The Hall–Kier alpha value is -0.860. The van der Waals surface area contributed by atoms with E-state index in [1.807, 2.05) is 6.07 Å². The molecule has 0 saturated carbocycles. The standard InChI is InChI=1S/C14H23NO/c1-3-4-11-16-12-10-15-13(2)14-8-6-5-7-9-14/h5-9,13,15H,3-4,10-12H2,1-2H3/t13-/m1/s1. The summed E-state index contributed by atoms with van der Waals surface area (Å²) < 4.78 is 5.50. The third-order valence-electron chi connectivity index (χ3n) is 2.64. The summed E-state index contributed by atoms with van der Waals surface area (Å²) >= 11 is 0. The second-order valence-corrected chi connectivity index (χ2v) is 4.05. The Balaban J connectivity index is 2.09. The van der Waals surface area contributed by atoms with E-state index in [-0.39, 0.29) is 0 Å². The highest BCUT2D eigenvalue weighted by molar-refractivity contribution is 5.17. The van der Waals surface area contributed by atoms with Gasteiger partial charge in [0.1, 0.15) is 0 Å². The lowest BCUT2D eigenvalue weighted by molar-refractivity contribution is 0.131. The van der Waals surface area contributed by atoms with Crippen LogP contribution in [-0.2, 0) is 4.74 Å². The van der Waals surface area contributed by atoms with Gasteiger partial charge >= 0.3 is 0 Å². The maximum absolute atomic E-state index is 5.50. The average Bonchev–Trinajstić information content (AvgIpc) is 2.34. The van der Waals surface area contributed by atoms with Crippen LogP contribution in [0.25, 0.3) is 0 Å². The molecule has 0 radical (unpaired) electrons. The van der Waals surface area contributed by atoms with E-state index in [0.717, 1.165) is 26.2 Å². The predicted octanol–water partition coefficient (Wildman–Crippen LogP) is 3.15.